The highest BCUT2D eigenvalue weighted by molar-refractivity contribution is 8.45. The van der Waals surface area contributed by atoms with E-state index in [0.29, 0.717) is 12.8 Å². The fourth-order valence-electron chi connectivity index (χ4n) is 3.34. The third-order valence-electron chi connectivity index (χ3n) is 4.84. The maximum absolute atomic E-state index is 13.2. The lowest BCUT2D eigenvalue weighted by molar-refractivity contribution is -0.143. The van der Waals surface area contributed by atoms with E-state index in [1.165, 1.54) is 26.1 Å². The molecular formula is C17H15Cl2F5N4O2S. The predicted octanol–water partition coefficient (Wildman–Crippen LogP) is 5.98. The average molecular weight is 505 g/mol. The molecule has 0 bridgehead atoms. The van der Waals surface area contributed by atoms with Crippen molar-refractivity contribution in [3.05, 3.63) is 33.4 Å². The lowest BCUT2D eigenvalue weighted by Crippen LogP contribution is -2.26. The molecule has 170 valence electrons. The summed E-state index contributed by atoms with van der Waals surface area (Å²) in [5, 5.41) is 12.1. The lowest BCUT2D eigenvalue weighted by atomic mass is 9.95. The van der Waals surface area contributed by atoms with E-state index in [9.17, 15) is 29.5 Å². The van der Waals surface area contributed by atoms with Gasteiger partial charge in [0.25, 0.3) is 0 Å². The topological polar surface area (TPSA) is 71.1 Å². The molecule has 0 saturated heterocycles. The normalized spacial score (nSPS) is 17.3. The van der Waals surface area contributed by atoms with Crippen molar-refractivity contribution in [2.24, 2.45) is 0 Å². The van der Waals surface area contributed by atoms with Gasteiger partial charge < -0.3 is 9.64 Å². The third kappa shape index (κ3) is 3.90. The summed E-state index contributed by atoms with van der Waals surface area (Å²) in [5.74, 6) is -0.483. The van der Waals surface area contributed by atoms with Crippen LogP contribution in [0.3, 0.4) is 0 Å². The van der Waals surface area contributed by atoms with Gasteiger partial charge in [-0.2, -0.15) is 10.4 Å². The molecule has 1 saturated carbocycles. The molecule has 2 aromatic rings. The smallest absolute Gasteiger partial charge is 0.316 e. The molecule has 3 rings (SSSR count). The number of anilines is 1. The summed E-state index contributed by atoms with van der Waals surface area (Å²) in [4.78, 5) is 11.6. The maximum Gasteiger partial charge on any atom is 0.316 e. The van der Waals surface area contributed by atoms with E-state index in [2.05, 4.69) is 5.10 Å². The minimum atomic E-state index is -10.0. The summed E-state index contributed by atoms with van der Waals surface area (Å²) in [6.45, 7) is 0. The second kappa shape index (κ2) is 6.40. The van der Waals surface area contributed by atoms with Crippen molar-refractivity contribution in [2.45, 2.75) is 23.2 Å². The predicted molar refractivity (Wildman–Crippen MR) is 107 cm³/mol. The zero-order valence-corrected chi connectivity index (χ0v) is 18.6. The molecule has 0 unspecified atom stereocenters. The van der Waals surface area contributed by atoms with Gasteiger partial charge in [0.05, 0.1) is 28.1 Å². The van der Waals surface area contributed by atoms with Crippen LogP contribution in [0, 0.1) is 11.3 Å². The molecule has 0 N–H and O–H groups in total. The highest BCUT2D eigenvalue weighted by Gasteiger charge is 2.65. The molecule has 31 heavy (non-hydrogen) atoms. The number of nitrogens with zero attached hydrogens (tertiary/aromatic N) is 4. The van der Waals surface area contributed by atoms with E-state index in [1.54, 1.807) is 0 Å². The van der Waals surface area contributed by atoms with Crippen LogP contribution in [0.4, 0.5) is 25.2 Å². The number of halogens is 7. The quantitative estimate of drug-likeness (QED) is 0.370. The van der Waals surface area contributed by atoms with E-state index in [1.807, 2.05) is 6.07 Å². The Morgan fingerprint density at radius 3 is 2.10 bits per heavy atom. The van der Waals surface area contributed by atoms with Crippen LogP contribution in [-0.4, -0.2) is 37.0 Å². The van der Waals surface area contributed by atoms with Crippen molar-refractivity contribution in [3.8, 4) is 11.8 Å². The Morgan fingerprint density at radius 1 is 1.23 bits per heavy atom. The first-order valence-corrected chi connectivity index (χ1v) is 11.2. The van der Waals surface area contributed by atoms with Gasteiger partial charge in [-0.1, -0.05) is 42.6 Å². The van der Waals surface area contributed by atoms with E-state index < -0.39 is 36.5 Å². The van der Waals surface area contributed by atoms with Crippen LogP contribution in [-0.2, 0) is 14.9 Å². The number of aromatic nitrogens is 2. The van der Waals surface area contributed by atoms with Gasteiger partial charge in [0, 0.05) is 14.1 Å². The standard InChI is InChI=1S/C17H15Cl2F5N4O2S/c1-27(2)15-13(17(4-5-17)16(29)30-3)12(8-25)26-28(15)14-10(18)6-9(7-11(14)19)31(20,21,22,23)24/h6-7H,4-5H2,1-3H3. The fraction of sp³-hybridized carbons (Fsp3) is 0.353. The summed E-state index contributed by atoms with van der Waals surface area (Å²) in [7, 11) is -5.79. The molecule has 1 aliphatic carbocycles. The van der Waals surface area contributed by atoms with E-state index in [4.69, 9.17) is 27.9 Å². The molecule has 0 amide bonds. The number of rotatable bonds is 5. The highest BCUT2D eigenvalue weighted by atomic mass is 35.5. The SMILES string of the molecule is COC(=O)C1(c2c(C#N)nn(-c3c(Cl)cc(S(F)(F)(F)(F)F)cc3Cl)c2N(C)C)CC1. The van der Waals surface area contributed by atoms with E-state index in [-0.39, 0.29) is 34.9 Å². The molecule has 0 aliphatic heterocycles. The Labute approximate surface area is 183 Å². The van der Waals surface area contributed by atoms with Crippen molar-refractivity contribution in [1.82, 2.24) is 9.78 Å². The summed E-state index contributed by atoms with van der Waals surface area (Å²) in [6.07, 6.45) is 0.705. The Morgan fingerprint density at radius 2 is 1.74 bits per heavy atom. The molecule has 1 aliphatic rings. The van der Waals surface area contributed by atoms with Crippen LogP contribution >= 0.6 is 33.4 Å². The average Bonchev–Trinajstić information content (AvgIpc) is 3.33. The van der Waals surface area contributed by atoms with Gasteiger partial charge in [0.15, 0.2) is 5.69 Å². The van der Waals surface area contributed by atoms with Crippen molar-refractivity contribution < 1.29 is 29.0 Å². The minimum absolute atomic E-state index is 0.0599. The van der Waals surface area contributed by atoms with Crippen LogP contribution in [0.5, 0.6) is 0 Å². The van der Waals surface area contributed by atoms with Crippen LogP contribution in [0.25, 0.3) is 5.69 Å². The number of hydrogen-bond acceptors (Lipinski definition) is 5. The second-order valence-electron chi connectivity index (χ2n) is 7.24. The molecule has 0 spiro atoms. The lowest BCUT2D eigenvalue weighted by Gasteiger charge is -2.40. The van der Waals surface area contributed by atoms with Gasteiger partial charge in [-0.15, -0.1) is 0 Å². The first-order chi connectivity index (χ1) is 14.0. The van der Waals surface area contributed by atoms with Crippen molar-refractivity contribution in [2.75, 3.05) is 26.1 Å². The van der Waals surface area contributed by atoms with Gasteiger partial charge in [0.1, 0.15) is 22.5 Å². The Bertz CT molecular complexity index is 1130. The van der Waals surface area contributed by atoms with Crippen LogP contribution in [0.2, 0.25) is 10.0 Å². The van der Waals surface area contributed by atoms with Gasteiger partial charge in [-0.25, -0.2) is 4.68 Å². The van der Waals surface area contributed by atoms with Gasteiger partial charge >= 0.3 is 16.2 Å². The molecule has 0 radical (unpaired) electrons. The summed E-state index contributed by atoms with van der Waals surface area (Å²) in [6, 6.07) is 1.97. The van der Waals surface area contributed by atoms with Crippen LogP contribution in [0.15, 0.2) is 17.0 Å². The number of nitriles is 1. The van der Waals surface area contributed by atoms with Gasteiger partial charge in [-0.05, 0) is 25.0 Å². The monoisotopic (exact) mass is 504 g/mol. The number of methoxy groups -OCH3 is 1. The Balaban J connectivity index is 2.34. The molecule has 1 fully saturated rings. The summed E-state index contributed by atoms with van der Waals surface area (Å²) < 4.78 is 71.9. The van der Waals surface area contributed by atoms with Crippen molar-refractivity contribution in [1.29, 1.82) is 5.26 Å². The minimum Gasteiger partial charge on any atom is -0.468 e. The molecule has 1 aromatic heterocycles. The zero-order chi connectivity index (χ0) is 23.6. The van der Waals surface area contributed by atoms with Crippen LogP contribution in [0.1, 0.15) is 24.1 Å². The molecule has 6 nitrogen and oxygen atoms in total. The van der Waals surface area contributed by atoms with Crippen LogP contribution < -0.4 is 4.90 Å². The molecule has 1 aromatic carbocycles. The van der Waals surface area contributed by atoms with Gasteiger partial charge in [0.2, 0.25) is 0 Å². The first kappa shape index (κ1) is 23.4. The molecule has 0 atom stereocenters. The zero-order valence-electron chi connectivity index (χ0n) is 16.2. The van der Waals surface area contributed by atoms with Crippen molar-refractivity contribution >= 4 is 45.2 Å². The van der Waals surface area contributed by atoms with Gasteiger partial charge in [-0.3, -0.25) is 4.79 Å². The molecule has 14 heteroatoms. The summed E-state index contributed by atoms with van der Waals surface area (Å²) in [5.41, 5.74) is -1.52. The number of esters is 1. The van der Waals surface area contributed by atoms with E-state index in [0.717, 1.165) is 4.68 Å². The van der Waals surface area contributed by atoms with Crippen molar-refractivity contribution in [3.63, 3.8) is 0 Å². The maximum atomic E-state index is 13.2. The number of hydrogen-bond donors (Lipinski definition) is 0. The Hall–Kier alpha value is -2.23. The number of ether oxygens (including phenoxy) is 1. The first-order valence-electron chi connectivity index (χ1n) is 8.49. The summed E-state index contributed by atoms with van der Waals surface area (Å²) >= 11 is 11.9. The third-order valence-corrected chi connectivity index (χ3v) is 6.55. The number of carbonyl (C=O) groups is 1. The highest BCUT2D eigenvalue weighted by Crippen LogP contribution is 3.02. The molecule has 1 heterocycles. The second-order valence-corrected chi connectivity index (χ2v) is 10.5. The number of benzene rings is 1. The van der Waals surface area contributed by atoms with E-state index >= 15 is 0 Å². The largest absolute Gasteiger partial charge is 0.468 e. The fourth-order valence-corrected chi connectivity index (χ4v) is 4.80. The molecular weight excluding hydrogens is 490 g/mol. The Kier molecular flexibility index (Phi) is 4.84. The number of carbonyl (C=O) groups excluding carboxylic acids is 1.